The molecule has 0 aliphatic heterocycles. The molecule has 1 fully saturated rings. The van der Waals surface area contributed by atoms with E-state index in [9.17, 15) is 14.7 Å². The summed E-state index contributed by atoms with van der Waals surface area (Å²) in [7, 11) is 1.24. The van der Waals surface area contributed by atoms with Crippen molar-refractivity contribution in [2.45, 2.75) is 19.8 Å². The topological polar surface area (TPSA) is 88.5 Å². The summed E-state index contributed by atoms with van der Waals surface area (Å²) in [5.74, 6) is -0.620. The zero-order valence-corrected chi connectivity index (χ0v) is 10.8. The van der Waals surface area contributed by atoms with Crippen LogP contribution >= 0.6 is 0 Å². The second-order valence-electron chi connectivity index (χ2n) is 4.70. The number of methoxy groups -OCH3 is 1. The first kappa shape index (κ1) is 13.3. The van der Waals surface area contributed by atoms with Crippen molar-refractivity contribution in [3.63, 3.8) is 0 Å². The fourth-order valence-electron chi connectivity index (χ4n) is 1.82. The van der Waals surface area contributed by atoms with Crippen LogP contribution in [0.25, 0.3) is 0 Å². The lowest BCUT2D eigenvalue weighted by molar-refractivity contribution is -0.120. The van der Waals surface area contributed by atoms with Crippen LogP contribution in [0.15, 0.2) is 12.3 Å². The fraction of sp³-hybridized carbons (Fsp3) is 0.462. The lowest BCUT2D eigenvalue weighted by Crippen LogP contribution is -2.22. The van der Waals surface area contributed by atoms with Gasteiger partial charge in [-0.25, -0.2) is 9.78 Å². The largest absolute Gasteiger partial charge is 0.504 e. The lowest BCUT2D eigenvalue weighted by Gasteiger charge is -2.11. The number of pyridine rings is 1. The summed E-state index contributed by atoms with van der Waals surface area (Å²) in [6.07, 6.45) is 3.38. The molecule has 0 unspecified atom stereocenters. The Hall–Kier alpha value is -2.11. The maximum Gasteiger partial charge on any atom is 0.339 e. The second kappa shape index (κ2) is 5.26. The quantitative estimate of drug-likeness (QED) is 0.806. The molecule has 0 saturated heterocycles. The molecule has 102 valence electrons. The van der Waals surface area contributed by atoms with Crippen LogP contribution in [0, 0.1) is 11.8 Å². The normalized spacial score (nSPS) is 15.7. The summed E-state index contributed by atoms with van der Waals surface area (Å²) >= 11 is 0. The molecular formula is C13H16N2O4. The van der Waals surface area contributed by atoms with E-state index in [1.165, 1.54) is 19.4 Å². The first-order valence-electron chi connectivity index (χ1n) is 6.11. The van der Waals surface area contributed by atoms with Gasteiger partial charge in [0.1, 0.15) is 0 Å². The maximum absolute atomic E-state index is 11.9. The highest BCUT2D eigenvalue weighted by Crippen LogP contribution is 2.37. The third-order valence-electron chi connectivity index (χ3n) is 3.27. The molecule has 1 heterocycles. The Morgan fingerprint density at radius 1 is 1.53 bits per heavy atom. The van der Waals surface area contributed by atoms with Crippen LogP contribution < -0.4 is 5.32 Å². The van der Waals surface area contributed by atoms with Gasteiger partial charge >= 0.3 is 5.97 Å². The standard InChI is InChI=1S/C13H16N2O4/c1-7(8-3-4-8)12(17)15-11-10(16)5-9(6-14-11)13(18)19-2/h5-8,16H,3-4H2,1-2H3,(H,14,15,17)/t7-/m0/s1. The van der Waals surface area contributed by atoms with Crippen LogP contribution in [0.1, 0.15) is 30.1 Å². The highest BCUT2D eigenvalue weighted by atomic mass is 16.5. The van der Waals surface area contributed by atoms with Crippen LogP contribution in [-0.4, -0.2) is 29.1 Å². The van der Waals surface area contributed by atoms with Crippen LogP contribution in [0.5, 0.6) is 5.75 Å². The summed E-state index contributed by atoms with van der Waals surface area (Å²) in [6.45, 7) is 1.85. The second-order valence-corrected chi connectivity index (χ2v) is 4.70. The van der Waals surface area contributed by atoms with Crippen molar-refractivity contribution in [1.29, 1.82) is 0 Å². The number of ether oxygens (including phenoxy) is 1. The average molecular weight is 264 g/mol. The van der Waals surface area contributed by atoms with E-state index in [0.29, 0.717) is 5.92 Å². The molecule has 1 saturated carbocycles. The number of nitrogens with one attached hydrogen (secondary N) is 1. The Morgan fingerprint density at radius 3 is 2.74 bits per heavy atom. The summed E-state index contributed by atoms with van der Waals surface area (Å²) in [6, 6.07) is 1.22. The lowest BCUT2D eigenvalue weighted by atomic mass is 10.1. The van der Waals surface area contributed by atoms with Crippen molar-refractivity contribution >= 4 is 17.7 Å². The van der Waals surface area contributed by atoms with Gasteiger partial charge in [0.05, 0.1) is 12.7 Å². The molecule has 2 N–H and O–H groups in total. The molecule has 0 bridgehead atoms. The number of aromatic hydroxyl groups is 1. The van der Waals surface area contributed by atoms with E-state index in [2.05, 4.69) is 15.0 Å². The number of hydrogen-bond donors (Lipinski definition) is 2. The predicted octanol–water partition coefficient (Wildman–Crippen LogP) is 1.56. The van der Waals surface area contributed by atoms with Crippen molar-refractivity contribution in [3.05, 3.63) is 17.8 Å². The third-order valence-corrected chi connectivity index (χ3v) is 3.27. The first-order chi connectivity index (χ1) is 9.02. The number of nitrogens with zero attached hydrogens (tertiary/aromatic N) is 1. The van der Waals surface area contributed by atoms with Crippen molar-refractivity contribution in [3.8, 4) is 5.75 Å². The Balaban J connectivity index is 2.08. The van der Waals surface area contributed by atoms with Gasteiger partial charge in [0.15, 0.2) is 11.6 Å². The molecule has 1 amide bonds. The van der Waals surface area contributed by atoms with Crippen LogP contribution in [0.2, 0.25) is 0 Å². The highest BCUT2D eigenvalue weighted by Gasteiger charge is 2.33. The van der Waals surface area contributed by atoms with E-state index in [1.807, 2.05) is 6.92 Å². The molecule has 19 heavy (non-hydrogen) atoms. The molecule has 1 aliphatic rings. The summed E-state index contributed by atoms with van der Waals surface area (Å²) in [4.78, 5) is 27.0. The van der Waals surface area contributed by atoms with Gasteiger partial charge in [0, 0.05) is 12.1 Å². The zero-order chi connectivity index (χ0) is 14.0. The Labute approximate surface area is 110 Å². The summed E-state index contributed by atoms with van der Waals surface area (Å²) in [5.41, 5.74) is 0.133. The van der Waals surface area contributed by atoms with Crippen LogP contribution in [0.3, 0.4) is 0 Å². The number of rotatable bonds is 4. The van der Waals surface area contributed by atoms with E-state index >= 15 is 0 Å². The molecule has 1 aliphatic carbocycles. The predicted molar refractivity (Wildman–Crippen MR) is 67.8 cm³/mol. The van der Waals surface area contributed by atoms with Gasteiger partial charge in [0.25, 0.3) is 0 Å². The molecule has 2 rings (SSSR count). The van der Waals surface area contributed by atoms with Crippen molar-refractivity contribution in [2.24, 2.45) is 11.8 Å². The summed E-state index contributed by atoms with van der Waals surface area (Å²) < 4.78 is 4.51. The van der Waals surface area contributed by atoms with Gasteiger partial charge in [-0.15, -0.1) is 0 Å². The number of esters is 1. The molecule has 1 aromatic rings. The van der Waals surface area contributed by atoms with E-state index in [0.717, 1.165) is 12.8 Å². The summed E-state index contributed by atoms with van der Waals surface area (Å²) in [5, 5.41) is 12.3. The molecule has 6 heteroatoms. The molecule has 0 aromatic carbocycles. The molecule has 6 nitrogen and oxygen atoms in total. The van der Waals surface area contributed by atoms with Gasteiger partial charge in [-0.2, -0.15) is 0 Å². The number of anilines is 1. The van der Waals surface area contributed by atoms with E-state index in [1.54, 1.807) is 0 Å². The Kier molecular flexibility index (Phi) is 3.69. The van der Waals surface area contributed by atoms with Gasteiger partial charge in [-0.1, -0.05) is 6.92 Å². The number of hydrogen-bond acceptors (Lipinski definition) is 5. The minimum Gasteiger partial charge on any atom is -0.504 e. The smallest absolute Gasteiger partial charge is 0.339 e. The maximum atomic E-state index is 11.9. The minimum atomic E-state index is -0.591. The number of carbonyl (C=O) groups is 2. The van der Waals surface area contributed by atoms with Gasteiger partial charge in [0.2, 0.25) is 5.91 Å². The van der Waals surface area contributed by atoms with E-state index in [-0.39, 0.29) is 29.0 Å². The molecular weight excluding hydrogens is 248 g/mol. The molecule has 0 radical (unpaired) electrons. The van der Waals surface area contributed by atoms with Crippen LogP contribution in [-0.2, 0) is 9.53 Å². The fourth-order valence-corrected chi connectivity index (χ4v) is 1.82. The van der Waals surface area contributed by atoms with E-state index in [4.69, 9.17) is 0 Å². The average Bonchev–Trinajstić information content (AvgIpc) is 3.23. The molecule has 1 aromatic heterocycles. The highest BCUT2D eigenvalue weighted by molar-refractivity contribution is 5.94. The number of carbonyl (C=O) groups excluding carboxylic acids is 2. The Bertz CT molecular complexity index is 511. The SMILES string of the molecule is COC(=O)c1cnc(NC(=O)[C@@H](C)C2CC2)c(O)c1. The van der Waals surface area contributed by atoms with Gasteiger partial charge in [-0.3, -0.25) is 4.79 Å². The van der Waals surface area contributed by atoms with Gasteiger partial charge < -0.3 is 15.2 Å². The van der Waals surface area contributed by atoms with E-state index < -0.39 is 5.97 Å². The Morgan fingerprint density at radius 2 is 2.21 bits per heavy atom. The zero-order valence-electron chi connectivity index (χ0n) is 10.8. The third kappa shape index (κ3) is 3.01. The van der Waals surface area contributed by atoms with Crippen molar-refractivity contribution in [2.75, 3.05) is 12.4 Å². The number of aromatic nitrogens is 1. The van der Waals surface area contributed by atoms with Crippen molar-refractivity contribution in [1.82, 2.24) is 4.98 Å². The first-order valence-corrected chi connectivity index (χ1v) is 6.11. The molecule has 1 atom stereocenters. The monoisotopic (exact) mass is 264 g/mol. The van der Waals surface area contributed by atoms with Crippen molar-refractivity contribution < 1.29 is 19.4 Å². The number of amides is 1. The molecule has 0 spiro atoms. The minimum absolute atomic E-state index is 0.0603. The van der Waals surface area contributed by atoms with Gasteiger partial charge in [-0.05, 0) is 24.8 Å². The van der Waals surface area contributed by atoms with Crippen LogP contribution in [0.4, 0.5) is 5.82 Å².